The van der Waals surface area contributed by atoms with Crippen LogP contribution in [0.2, 0.25) is 0 Å². The predicted octanol–water partition coefficient (Wildman–Crippen LogP) is 1.36. The van der Waals surface area contributed by atoms with Crippen molar-refractivity contribution in [3.63, 3.8) is 0 Å². The van der Waals surface area contributed by atoms with Gasteiger partial charge in [0.1, 0.15) is 9.88 Å². The van der Waals surface area contributed by atoms with E-state index in [0.29, 0.717) is 24.1 Å². The molecule has 0 aliphatic heterocycles. The molecule has 19 heavy (non-hydrogen) atoms. The number of imidazole rings is 1. The van der Waals surface area contributed by atoms with Gasteiger partial charge in [-0.15, -0.1) is 11.3 Å². The molecule has 0 spiro atoms. The maximum atomic E-state index is 5.58. The lowest BCUT2D eigenvalue weighted by Crippen LogP contribution is -1.94. The lowest BCUT2D eigenvalue weighted by Gasteiger charge is -1.92. The zero-order valence-electron chi connectivity index (χ0n) is 10.5. The number of rotatable bonds is 3. The smallest absolute Gasteiger partial charge is 0.270 e. The fraction of sp³-hybridized carbons (Fsp3) is 0.273. The third kappa shape index (κ3) is 2.04. The zero-order chi connectivity index (χ0) is 13.4. The molecule has 0 saturated heterocycles. The van der Waals surface area contributed by atoms with Crippen molar-refractivity contribution in [3.8, 4) is 22.4 Å². The molecular weight excluding hydrogens is 264 g/mol. The maximum Gasteiger partial charge on any atom is 0.270 e. The summed E-state index contributed by atoms with van der Waals surface area (Å²) in [4.78, 5) is 13.7. The van der Waals surface area contributed by atoms with E-state index in [1.54, 1.807) is 6.20 Å². The molecule has 3 aromatic heterocycles. The van der Waals surface area contributed by atoms with Crippen molar-refractivity contribution in [3.05, 3.63) is 23.1 Å². The van der Waals surface area contributed by atoms with Crippen molar-refractivity contribution in [2.45, 2.75) is 13.5 Å². The van der Waals surface area contributed by atoms with Crippen molar-refractivity contribution in [2.75, 3.05) is 0 Å². The van der Waals surface area contributed by atoms with E-state index in [1.165, 1.54) is 11.3 Å². The predicted molar refractivity (Wildman–Crippen MR) is 70.2 cm³/mol. The van der Waals surface area contributed by atoms with Crippen molar-refractivity contribution in [2.24, 2.45) is 12.8 Å². The minimum absolute atomic E-state index is 0.409. The Labute approximate surface area is 113 Å². The molecule has 0 bridgehead atoms. The molecule has 3 heterocycles. The summed E-state index contributed by atoms with van der Waals surface area (Å²) in [6, 6.07) is 0. The molecule has 0 radical (unpaired) electrons. The molecule has 0 amide bonds. The number of thiazole rings is 1. The van der Waals surface area contributed by atoms with E-state index in [2.05, 4.69) is 20.1 Å². The normalized spacial score (nSPS) is 11.1. The molecule has 98 valence electrons. The molecular formula is C11H12N6OS. The van der Waals surface area contributed by atoms with Crippen molar-refractivity contribution in [1.29, 1.82) is 0 Å². The van der Waals surface area contributed by atoms with Gasteiger partial charge in [0, 0.05) is 26.0 Å². The SMILES string of the molecule is Cc1nc(CN)sc1-c1nc(-c2nccn2C)no1. The summed E-state index contributed by atoms with van der Waals surface area (Å²) < 4.78 is 7.12. The molecule has 3 aromatic rings. The lowest BCUT2D eigenvalue weighted by atomic mass is 10.4. The van der Waals surface area contributed by atoms with Crippen LogP contribution in [-0.4, -0.2) is 24.7 Å². The minimum atomic E-state index is 0.409. The van der Waals surface area contributed by atoms with Gasteiger partial charge in [-0.25, -0.2) is 9.97 Å². The van der Waals surface area contributed by atoms with Crippen molar-refractivity contribution in [1.82, 2.24) is 24.7 Å². The molecule has 3 rings (SSSR count). The highest BCUT2D eigenvalue weighted by atomic mass is 32.1. The summed E-state index contributed by atoms with van der Waals surface area (Å²) in [5, 5.41) is 4.80. The van der Waals surface area contributed by atoms with E-state index in [9.17, 15) is 0 Å². The fourth-order valence-electron chi connectivity index (χ4n) is 1.73. The van der Waals surface area contributed by atoms with Crippen LogP contribution in [0.15, 0.2) is 16.9 Å². The quantitative estimate of drug-likeness (QED) is 0.776. The highest BCUT2D eigenvalue weighted by Crippen LogP contribution is 2.29. The Kier molecular flexibility index (Phi) is 2.88. The summed E-state index contributed by atoms with van der Waals surface area (Å²) in [7, 11) is 1.88. The van der Waals surface area contributed by atoms with Gasteiger partial charge in [0.15, 0.2) is 5.82 Å². The number of hydrogen-bond acceptors (Lipinski definition) is 7. The summed E-state index contributed by atoms with van der Waals surface area (Å²) in [5.74, 6) is 1.58. The van der Waals surface area contributed by atoms with Gasteiger partial charge in [-0.1, -0.05) is 5.16 Å². The van der Waals surface area contributed by atoms with Gasteiger partial charge in [0.2, 0.25) is 5.82 Å². The minimum Gasteiger partial charge on any atom is -0.333 e. The van der Waals surface area contributed by atoms with E-state index < -0.39 is 0 Å². The van der Waals surface area contributed by atoms with E-state index in [0.717, 1.165) is 15.6 Å². The number of aryl methyl sites for hydroxylation is 2. The average Bonchev–Trinajstić information content (AvgIpc) is 3.07. The number of nitrogens with two attached hydrogens (primary N) is 1. The van der Waals surface area contributed by atoms with Crippen LogP contribution in [0.3, 0.4) is 0 Å². The Morgan fingerprint density at radius 2 is 2.26 bits per heavy atom. The van der Waals surface area contributed by atoms with Crippen LogP contribution in [0.25, 0.3) is 22.4 Å². The van der Waals surface area contributed by atoms with E-state index in [1.807, 2.05) is 24.7 Å². The topological polar surface area (TPSA) is 95.7 Å². The van der Waals surface area contributed by atoms with Crippen LogP contribution in [0.4, 0.5) is 0 Å². The van der Waals surface area contributed by atoms with Crippen LogP contribution in [-0.2, 0) is 13.6 Å². The highest BCUT2D eigenvalue weighted by Gasteiger charge is 2.18. The van der Waals surface area contributed by atoms with Gasteiger partial charge in [-0.3, -0.25) is 0 Å². The van der Waals surface area contributed by atoms with Gasteiger partial charge in [-0.05, 0) is 6.92 Å². The zero-order valence-corrected chi connectivity index (χ0v) is 11.3. The molecule has 0 unspecified atom stereocenters. The molecule has 0 saturated carbocycles. The number of nitrogens with zero attached hydrogens (tertiary/aromatic N) is 5. The molecule has 0 aliphatic carbocycles. The second-order valence-electron chi connectivity index (χ2n) is 4.01. The largest absolute Gasteiger partial charge is 0.333 e. The Morgan fingerprint density at radius 1 is 1.42 bits per heavy atom. The molecule has 2 N–H and O–H groups in total. The summed E-state index contributed by atoms with van der Waals surface area (Å²) in [5.41, 5.74) is 6.43. The first-order valence-electron chi connectivity index (χ1n) is 5.67. The standard InChI is InChI=1S/C11H12N6OS/c1-6-8(19-7(5-12)14-6)11-15-9(16-18-11)10-13-3-4-17(10)2/h3-4H,5,12H2,1-2H3. The lowest BCUT2D eigenvalue weighted by molar-refractivity contribution is 0.432. The number of aromatic nitrogens is 5. The van der Waals surface area contributed by atoms with Crippen LogP contribution in [0.1, 0.15) is 10.7 Å². The summed E-state index contributed by atoms with van der Waals surface area (Å²) in [6.07, 6.45) is 3.52. The average molecular weight is 276 g/mol. The van der Waals surface area contributed by atoms with Crippen LogP contribution < -0.4 is 5.73 Å². The summed E-state index contributed by atoms with van der Waals surface area (Å²) >= 11 is 1.47. The van der Waals surface area contributed by atoms with E-state index >= 15 is 0 Å². The number of hydrogen-bond donors (Lipinski definition) is 1. The van der Waals surface area contributed by atoms with Crippen molar-refractivity contribution >= 4 is 11.3 Å². The van der Waals surface area contributed by atoms with Crippen LogP contribution in [0.5, 0.6) is 0 Å². The van der Waals surface area contributed by atoms with Crippen molar-refractivity contribution < 1.29 is 4.52 Å². The van der Waals surface area contributed by atoms with Crippen LogP contribution >= 0.6 is 11.3 Å². The van der Waals surface area contributed by atoms with Gasteiger partial charge < -0.3 is 14.8 Å². The third-order valence-corrected chi connectivity index (χ3v) is 3.82. The third-order valence-electron chi connectivity index (χ3n) is 2.66. The Morgan fingerprint density at radius 3 is 2.89 bits per heavy atom. The highest BCUT2D eigenvalue weighted by molar-refractivity contribution is 7.15. The first-order chi connectivity index (χ1) is 9.19. The molecule has 0 aromatic carbocycles. The first kappa shape index (κ1) is 12.0. The second kappa shape index (κ2) is 4.56. The molecule has 0 atom stereocenters. The first-order valence-corrected chi connectivity index (χ1v) is 6.49. The second-order valence-corrected chi connectivity index (χ2v) is 5.09. The summed E-state index contributed by atoms with van der Waals surface area (Å²) in [6.45, 7) is 2.31. The Balaban J connectivity index is 2.01. The van der Waals surface area contributed by atoms with E-state index in [-0.39, 0.29) is 0 Å². The fourth-order valence-corrected chi connectivity index (χ4v) is 2.59. The maximum absolute atomic E-state index is 5.58. The molecule has 0 fully saturated rings. The van der Waals surface area contributed by atoms with Gasteiger partial charge >= 0.3 is 0 Å². The van der Waals surface area contributed by atoms with Gasteiger partial charge in [0.25, 0.3) is 5.89 Å². The Hall–Kier alpha value is -2.06. The molecule has 8 heteroatoms. The molecule has 7 nitrogen and oxygen atoms in total. The van der Waals surface area contributed by atoms with Gasteiger partial charge in [-0.2, -0.15) is 4.98 Å². The van der Waals surface area contributed by atoms with E-state index in [4.69, 9.17) is 10.3 Å². The van der Waals surface area contributed by atoms with Crippen LogP contribution in [0, 0.1) is 6.92 Å². The Bertz CT molecular complexity index is 712. The molecule has 0 aliphatic rings. The van der Waals surface area contributed by atoms with Gasteiger partial charge in [0.05, 0.1) is 5.69 Å². The monoisotopic (exact) mass is 276 g/mol.